The Kier molecular flexibility index (Phi) is 14.3. The maximum absolute atomic E-state index is 14.4. The Morgan fingerprint density at radius 2 is 1.47 bits per heavy atom. The van der Waals surface area contributed by atoms with Crippen LogP contribution in [0.5, 0.6) is 0 Å². The van der Waals surface area contributed by atoms with E-state index in [0.29, 0.717) is 30.7 Å². The van der Waals surface area contributed by atoms with Crippen LogP contribution in [0.25, 0.3) is 0 Å². The topological polar surface area (TPSA) is 84.8 Å². The molecule has 0 bridgehead atoms. The van der Waals surface area contributed by atoms with Crippen LogP contribution < -0.4 is 5.32 Å². The minimum atomic E-state index is -6.19. The monoisotopic (exact) mass is 776 g/mol. The molecule has 3 aromatic carbocycles. The van der Waals surface area contributed by atoms with Crippen molar-refractivity contribution in [1.29, 1.82) is 0 Å². The van der Waals surface area contributed by atoms with Gasteiger partial charge in [-0.3, -0.25) is 9.79 Å². The molecule has 0 heterocycles. The first-order valence-corrected chi connectivity index (χ1v) is 17.6. The molecule has 0 saturated heterocycles. The summed E-state index contributed by atoms with van der Waals surface area (Å²) in [6.45, 7) is 3.94. The zero-order chi connectivity index (χ0) is 39.7. The van der Waals surface area contributed by atoms with Gasteiger partial charge in [-0.1, -0.05) is 56.0 Å². The molecule has 1 saturated carbocycles. The first-order chi connectivity index (χ1) is 24.8. The van der Waals surface area contributed by atoms with E-state index in [1.165, 1.54) is 5.57 Å². The zero-order valence-electron chi connectivity index (χ0n) is 28.6. The fraction of sp³-hybridized carbons (Fsp3) is 0.351. The van der Waals surface area contributed by atoms with E-state index < -0.39 is 73.8 Å². The lowest BCUT2D eigenvalue weighted by atomic mass is 9.80. The highest BCUT2D eigenvalue weighted by molar-refractivity contribution is 7.92. The largest absolute Gasteiger partial charge is 0.430 e. The minimum absolute atomic E-state index is 0.0905. The van der Waals surface area contributed by atoms with Gasteiger partial charge < -0.3 is 10.1 Å². The molecule has 0 aliphatic heterocycles. The number of hydrogen-bond acceptors (Lipinski definition) is 5. The molecule has 1 aliphatic carbocycles. The molecule has 1 fully saturated rings. The van der Waals surface area contributed by atoms with Gasteiger partial charge in [0, 0.05) is 30.4 Å². The molecular weight excluding hydrogens is 739 g/mol. The standard InChI is InChI=1S/C29H24F9NO4S.C8H13N/c30-20-8-10-22(11-9-20)44(41,42)26(14-12-21(13-15-26)39-17-40)18-4-6-19(7-5-18)27(28(33,34)35,29(36,37)38)43-16-23-24(31)2-1-3-25(23)32;1-4-6-8(5-2)7-9-3/h1-11,17,21H,12-16H2,(H,39,40);4,6-7H,1,5H2,2-3H3/b;8-6-,9-7?. The molecule has 1 N–H and O–H groups in total. The van der Waals surface area contributed by atoms with Crippen molar-refractivity contribution in [1.82, 2.24) is 5.32 Å². The van der Waals surface area contributed by atoms with E-state index in [4.69, 9.17) is 0 Å². The number of benzene rings is 3. The fourth-order valence-corrected chi connectivity index (χ4v) is 8.23. The van der Waals surface area contributed by atoms with Crippen molar-refractivity contribution in [2.45, 2.75) is 79.3 Å². The Balaban J connectivity index is 0.000000743. The van der Waals surface area contributed by atoms with Gasteiger partial charge in [-0.25, -0.2) is 21.6 Å². The number of ether oxygens (including phenoxy) is 1. The van der Waals surface area contributed by atoms with Crippen LogP contribution in [0.3, 0.4) is 0 Å². The van der Waals surface area contributed by atoms with Gasteiger partial charge in [-0.15, -0.1) is 0 Å². The summed E-state index contributed by atoms with van der Waals surface area (Å²) in [5, 5.41) is 2.53. The summed E-state index contributed by atoms with van der Waals surface area (Å²) in [6, 6.07) is 7.86. The summed E-state index contributed by atoms with van der Waals surface area (Å²) in [5.41, 5.74) is -6.67. The average molecular weight is 777 g/mol. The number of carbonyl (C=O) groups excluding carboxylic acids is 1. The Morgan fingerprint density at radius 1 is 0.925 bits per heavy atom. The number of alkyl halides is 6. The van der Waals surface area contributed by atoms with Gasteiger partial charge in [-0.05, 0) is 79.6 Å². The first-order valence-electron chi connectivity index (χ1n) is 16.1. The molecule has 4 rings (SSSR count). The second-order valence-electron chi connectivity index (χ2n) is 12.0. The maximum Gasteiger partial charge on any atom is 0.430 e. The van der Waals surface area contributed by atoms with Crippen molar-refractivity contribution in [3.05, 3.63) is 125 Å². The number of rotatable bonds is 12. The van der Waals surface area contributed by atoms with Crippen molar-refractivity contribution in [2.24, 2.45) is 4.99 Å². The second kappa shape index (κ2) is 17.6. The lowest BCUT2D eigenvalue weighted by molar-refractivity contribution is -0.392. The SMILES string of the molecule is C=C/C=C(\C=NC)CC.O=CNC1CCC(c2ccc(C(OCc3c(F)cccc3F)(C(F)(F)F)C(F)(F)F)cc2)(S(=O)(=O)c2ccc(F)cc2)CC1. The predicted octanol–water partition coefficient (Wildman–Crippen LogP) is 9.21. The fourth-order valence-electron chi connectivity index (χ4n) is 6.06. The van der Waals surface area contributed by atoms with E-state index in [1.54, 1.807) is 13.1 Å². The van der Waals surface area contributed by atoms with Crippen LogP contribution in [0.4, 0.5) is 39.5 Å². The van der Waals surface area contributed by atoms with Crippen LogP contribution in [0.1, 0.15) is 55.7 Å². The third-order valence-corrected chi connectivity index (χ3v) is 11.4. The second-order valence-corrected chi connectivity index (χ2v) is 14.2. The van der Waals surface area contributed by atoms with Crippen LogP contribution in [-0.4, -0.2) is 46.5 Å². The number of carbonyl (C=O) groups is 1. The molecule has 288 valence electrons. The molecule has 0 unspecified atom stereocenters. The normalized spacial score (nSPS) is 18.6. The first kappa shape index (κ1) is 43.0. The lowest BCUT2D eigenvalue weighted by Crippen LogP contribution is -2.56. The summed E-state index contributed by atoms with van der Waals surface area (Å²) in [5.74, 6) is -3.59. The van der Waals surface area contributed by atoms with Crippen molar-refractivity contribution >= 4 is 22.5 Å². The van der Waals surface area contributed by atoms with Crippen molar-refractivity contribution in [2.75, 3.05) is 7.05 Å². The quantitative estimate of drug-likeness (QED) is 0.0654. The molecule has 1 amide bonds. The van der Waals surface area contributed by atoms with Gasteiger partial charge in [0.2, 0.25) is 6.41 Å². The van der Waals surface area contributed by atoms with Crippen LogP contribution >= 0.6 is 0 Å². The number of aliphatic imine (C=N–C) groups is 1. The molecule has 0 atom stereocenters. The van der Waals surface area contributed by atoms with E-state index in [-0.39, 0.29) is 36.1 Å². The number of amides is 1. The highest BCUT2D eigenvalue weighted by Gasteiger charge is 2.73. The molecular formula is C37H37F9N2O4S. The van der Waals surface area contributed by atoms with Gasteiger partial charge in [-0.2, -0.15) is 26.3 Å². The van der Waals surface area contributed by atoms with Gasteiger partial charge >= 0.3 is 12.4 Å². The van der Waals surface area contributed by atoms with Crippen LogP contribution in [0.2, 0.25) is 0 Å². The van der Waals surface area contributed by atoms with Crippen LogP contribution in [0.15, 0.2) is 101 Å². The smallest absolute Gasteiger partial charge is 0.356 e. The summed E-state index contributed by atoms with van der Waals surface area (Å²) in [4.78, 5) is 14.5. The van der Waals surface area contributed by atoms with Crippen molar-refractivity contribution in [3.8, 4) is 0 Å². The highest BCUT2D eigenvalue weighted by Crippen LogP contribution is 2.54. The Morgan fingerprint density at radius 3 is 1.92 bits per heavy atom. The molecule has 0 aromatic heterocycles. The minimum Gasteiger partial charge on any atom is -0.356 e. The maximum atomic E-state index is 14.4. The number of hydrogen-bond donors (Lipinski definition) is 1. The van der Waals surface area contributed by atoms with Gasteiger partial charge in [0.15, 0.2) is 9.84 Å². The van der Waals surface area contributed by atoms with Crippen molar-refractivity contribution in [3.63, 3.8) is 0 Å². The number of allylic oxidation sites excluding steroid dienone is 3. The molecule has 0 spiro atoms. The lowest BCUT2D eigenvalue weighted by Gasteiger charge is -2.41. The predicted molar refractivity (Wildman–Crippen MR) is 181 cm³/mol. The van der Waals surface area contributed by atoms with Gasteiger partial charge in [0.05, 0.1) is 11.5 Å². The molecule has 53 heavy (non-hydrogen) atoms. The van der Waals surface area contributed by atoms with E-state index in [0.717, 1.165) is 48.9 Å². The summed E-state index contributed by atoms with van der Waals surface area (Å²) >= 11 is 0. The number of halogens is 9. The van der Waals surface area contributed by atoms with E-state index in [1.807, 2.05) is 12.3 Å². The van der Waals surface area contributed by atoms with Crippen LogP contribution in [-0.2, 0) is 36.3 Å². The summed E-state index contributed by atoms with van der Waals surface area (Å²) < 4.78 is 158. The van der Waals surface area contributed by atoms with Gasteiger partial charge in [0.1, 0.15) is 22.2 Å². The average Bonchev–Trinajstić information content (AvgIpc) is 3.09. The van der Waals surface area contributed by atoms with Gasteiger partial charge in [0.25, 0.3) is 5.60 Å². The zero-order valence-corrected chi connectivity index (χ0v) is 29.4. The van der Waals surface area contributed by atoms with Crippen molar-refractivity contribution < 1.29 is 57.5 Å². The summed E-state index contributed by atoms with van der Waals surface area (Å²) in [6.07, 6.45) is -5.55. The third kappa shape index (κ3) is 9.21. The molecule has 6 nitrogen and oxygen atoms in total. The molecule has 0 radical (unpaired) electrons. The van der Waals surface area contributed by atoms with Crippen LogP contribution in [0, 0.1) is 17.5 Å². The molecule has 3 aromatic rings. The van der Waals surface area contributed by atoms with E-state index in [2.05, 4.69) is 28.5 Å². The number of sulfone groups is 1. The Hall–Kier alpha value is -4.44. The Bertz CT molecular complexity index is 1830. The third-order valence-electron chi connectivity index (χ3n) is 8.88. The van der Waals surface area contributed by atoms with E-state index in [9.17, 15) is 52.7 Å². The summed E-state index contributed by atoms with van der Waals surface area (Å²) in [7, 11) is -2.66. The number of nitrogens with zero attached hydrogens (tertiary/aromatic N) is 1. The Labute approximate surface area is 301 Å². The van der Waals surface area contributed by atoms with E-state index >= 15 is 0 Å². The number of nitrogens with one attached hydrogen (secondary N) is 1. The molecule has 1 aliphatic rings. The molecule has 16 heteroatoms. The highest BCUT2D eigenvalue weighted by atomic mass is 32.2.